The summed E-state index contributed by atoms with van der Waals surface area (Å²) in [6.07, 6.45) is 3.15. The number of hydrogen-bond donors (Lipinski definition) is 2. The number of carbonyl (C=O) groups is 1. The van der Waals surface area contributed by atoms with Crippen molar-refractivity contribution >= 4 is 22.5 Å². The van der Waals surface area contributed by atoms with Crippen LogP contribution in [-0.4, -0.2) is 17.4 Å². The molecule has 0 aliphatic heterocycles. The van der Waals surface area contributed by atoms with E-state index in [-0.39, 0.29) is 5.91 Å². The maximum atomic E-state index is 12.4. The summed E-state index contributed by atoms with van der Waals surface area (Å²) in [6, 6.07) is 9.77. The number of amides is 1. The molecule has 0 radical (unpaired) electrons. The summed E-state index contributed by atoms with van der Waals surface area (Å²) in [7, 11) is 0. The summed E-state index contributed by atoms with van der Waals surface area (Å²) in [5, 5.41) is 3.96. The number of fused-ring (bicyclic) bond motifs is 1. The normalized spacial score (nSPS) is 11.6. The molecule has 1 aromatic carbocycles. The molecule has 0 aliphatic rings. The minimum Gasteiger partial charge on any atom is -0.329 e. The summed E-state index contributed by atoms with van der Waals surface area (Å²) >= 11 is 0. The minimum atomic E-state index is -0.494. The molecule has 2 rings (SSSR count). The Morgan fingerprint density at radius 1 is 1.30 bits per heavy atom. The molecular formula is C16H21N3O. The van der Waals surface area contributed by atoms with Crippen molar-refractivity contribution < 1.29 is 4.79 Å². The van der Waals surface area contributed by atoms with Gasteiger partial charge >= 0.3 is 0 Å². The largest absolute Gasteiger partial charge is 0.329 e. The molecule has 3 N–H and O–H groups in total. The van der Waals surface area contributed by atoms with Crippen molar-refractivity contribution in [1.29, 1.82) is 0 Å². The molecule has 2 aromatic rings. The van der Waals surface area contributed by atoms with Gasteiger partial charge in [-0.2, -0.15) is 0 Å². The van der Waals surface area contributed by atoms with Gasteiger partial charge in [0.25, 0.3) is 0 Å². The van der Waals surface area contributed by atoms with E-state index in [0.29, 0.717) is 12.2 Å². The van der Waals surface area contributed by atoms with Crippen LogP contribution in [0.25, 0.3) is 10.9 Å². The van der Waals surface area contributed by atoms with E-state index < -0.39 is 5.41 Å². The first-order valence-electron chi connectivity index (χ1n) is 7.01. The van der Waals surface area contributed by atoms with Gasteiger partial charge in [-0.1, -0.05) is 32.0 Å². The second kappa shape index (κ2) is 6.01. The molecule has 20 heavy (non-hydrogen) atoms. The molecule has 0 atom stereocenters. The van der Waals surface area contributed by atoms with E-state index in [1.54, 1.807) is 6.20 Å². The second-order valence-corrected chi connectivity index (χ2v) is 5.06. The molecule has 1 aromatic heterocycles. The molecule has 4 heteroatoms. The van der Waals surface area contributed by atoms with E-state index in [1.807, 2.05) is 44.2 Å². The Morgan fingerprint density at radius 3 is 2.65 bits per heavy atom. The molecule has 0 aliphatic carbocycles. The highest BCUT2D eigenvalue weighted by Gasteiger charge is 2.33. The number of benzene rings is 1. The molecular weight excluding hydrogens is 250 g/mol. The molecule has 0 unspecified atom stereocenters. The second-order valence-electron chi connectivity index (χ2n) is 5.06. The summed E-state index contributed by atoms with van der Waals surface area (Å²) < 4.78 is 0. The molecule has 106 valence electrons. The number of anilines is 1. The van der Waals surface area contributed by atoms with Gasteiger partial charge in [0, 0.05) is 11.9 Å². The van der Waals surface area contributed by atoms with Crippen LogP contribution in [0.4, 0.5) is 5.69 Å². The van der Waals surface area contributed by atoms with Crippen LogP contribution in [-0.2, 0) is 4.79 Å². The van der Waals surface area contributed by atoms with Gasteiger partial charge in [-0.3, -0.25) is 9.78 Å². The van der Waals surface area contributed by atoms with E-state index in [0.717, 1.165) is 23.7 Å². The number of hydrogen-bond acceptors (Lipinski definition) is 3. The zero-order valence-electron chi connectivity index (χ0n) is 12.0. The van der Waals surface area contributed by atoms with Gasteiger partial charge in [0.2, 0.25) is 5.91 Å². The summed E-state index contributed by atoms with van der Waals surface area (Å²) in [6.45, 7) is 4.34. The standard InChI is InChI=1S/C16H21N3O/c1-3-16(4-2,11-17)15(20)19-13-9-12-7-5-6-8-14(12)18-10-13/h5-10H,3-4,11,17H2,1-2H3,(H,19,20). The van der Waals surface area contributed by atoms with Crippen molar-refractivity contribution in [1.82, 2.24) is 4.98 Å². The van der Waals surface area contributed by atoms with Gasteiger partial charge in [-0.15, -0.1) is 0 Å². The van der Waals surface area contributed by atoms with Gasteiger partial charge in [0.1, 0.15) is 0 Å². The Labute approximate surface area is 119 Å². The minimum absolute atomic E-state index is 0.0259. The fraction of sp³-hybridized carbons (Fsp3) is 0.375. The quantitative estimate of drug-likeness (QED) is 0.878. The maximum Gasteiger partial charge on any atom is 0.231 e. The highest BCUT2D eigenvalue weighted by Crippen LogP contribution is 2.27. The lowest BCUT2D eigenvalue weighted by atomic mass is 9.81. The third-order valence-corrected chi connectivity index (χ3v) is 4.07. The molecule has 0 saturated heterocycles. The highest BCUT2D eigenvalue weighted by molar-refractivity contribution is 5.96. The fourth-order valence-electron chi connectivity index (χ4n) is 2.36. The van der Waals surface area contributed by atoms with Crippen LogP contribution in [0, 0.1) is 5.41 Å². The van der Waals surface area contributed by atoms with Crippen molar-refractivity contribution in [2.75, 3.05) is 11.9 Å². The number of nitrogens with one attached hydrogen (secondary N) is 1. The predicted molar refractivity (Wildman–Crippen MR) is 82.4 cm³/mol. The number of nitrogens with zero attached hydrogens (tertiary/aromatic N) is 1. The average molecular weight is 271 g/mol. The van der Waals surface area contributed by atoms with Crippen molar-refractivity contribution in [3.8, 4) is 0 Å². The van der Waals surface area contributed by atoms with Gasteiger partial charge < -0.3 is 11.1 Å². The van der Waals surface area contributed by atoms with Crippen molar-refractivity contribution in [3.05, 3.63) is 36.5 Å². The van der Waals surface area contributed by atoms with Gasteiger partial charge in [0.05, 0.1) is 22.8 Å². The Bertz CT molecular complexity index is 597. The maximum absolute atomic E-state index is 12.4. The monoisotopic (exact) mass is 271 g/mol. The molecule has 0 saturated carbocycles. The zero-order chi connectivity index (χ0) is 14.6. The van der Waals surface area contributed by atoms with E-state index >= 15 is 0 Å². The molecule has 0 bridgehead atoms. The molecule has 1 amide bonds. The fourth-order valence-corrected chi connectivity index (χ4v) is 2.36. The highest BCUT2D eigenvalue weighted by atomic mass is 16.2. The smallest absolute Gasteiger partial charge is 0.231 e. The Hall–Kier alpha value is -1.94. The van der Waals surface area contributed by atoms with Crippen LogP contribution < -0.4 is 11.1 Å². The number of nitrogens with two attached hydrogens (primary N) is 1. The van der Waals surface area contributed by atoms with E-state index in [2.05, 4.69) is 10.3 Å². The van der Waals surface area contributed by atoms with Crippen LogP contribution in [0.3, 0.4) is 0 Å². The zero-order valence-corrected chi connectivity index (χ0v) is 12.0. The molecule has 0 fully saturated rings. The summed E-state index contributed by atoms with van der Waals surface area (Å²) in [5.74, 6) is -0.0259. The van der Waals surface area contributed by atoms with Crippen LogP contribution in [0.5, 0.6) is 0 Å². The first-order valence-corrected chi connectivity index (χ1v) is 7.01. The number of para-hydroxylation sites is 1. The summed E-state index contributed by atoms with van der Waals surface area (Å²) in [5.41, 5.74) is 6.94. The Morgan fingerprint density at radius 2 is 2.00 bits per heavy atom. The van der Waals surface area contributed by atoms with E-state index in [9.17, 15) is 4.79 Å². The lowest BCUT2D eigenvalue weighted by Gasteiger charge is -2.28. The van der Waals surface area contributed by atoms with Crippen LogP contribution in [0.2, 0.25) is 0 Å². The average Bonchev–Trinajstić information content (AvgIpc) is 2.49. The van der Waals surface area contributed by atoms with Crippen LogP contribution in [0.15, 0.2) is 36.5 Å². The predicted octanol–water partition coefficient (Wildman–Crippen LogP) is 2.94. The van der Waals surface area contributed by atoms with Gasteiger partial charge in [0.15, 0.2) is 0 Å². The number of carbonyl (C=O) groups excluding carboxylic acids is 1. The SMILES string of the molecule is CCC(CC)(CN)C(=O)Nc1cnc2ccccc2c1. The summed E-state index contributed by atoms with van der Waals surface area (Å²) in [4.78, 5) is 16.8. The van der Waals surface area contributed by atoms with Gasteiger partial charge in [-0.25, -0.2) is 0 Å². The number of aromatic nitrogens is 1. The third kappa shape index (κ3) is 2.65. The van der Waals surface area contributed by atoms with Crippen molar-refractivity contribution in [3.63, 3.8) is 0 Å². The number of pyridine rings is 1. The topological polar surface area (TPSA) is 68.0 Å². The Kier molecular flexibility index (Phi) is 4.35. The molecule has 4 nitrogen and oxygen atoms in total. The Balaban J connectivity index is 2.25. The lowest BCUT2D eigenvalue weighted by molar-refractivity contribution is -0.125. The van der Waals surface area contributed by atoms with E-state index in [4.69, 9.17) is 5.73 Å². The third-order valence-electron chi connectivity index (χ3n) is 4.07. The van der Waals surface area contributed by atoms with E-state index in [1.165, 1.54) is 0 Å². The number of rotatable bonds is 5. The van der Waals surface area contributed by atoms with Crippen molar-refractivity contribution in [2.24, 2.45) is 11.1 Å². The molecule has 1 heterocycles. The van der Waals surface area contributed by atoms with Crippen LogP contribution in [0.1, 0.15) is 26.7 Å². The first-order chi connectivity index (χ1) is 9.65. The first kappa shape index (κ1) is 14.5. The molecule has 0 spiro atoms. The lowest BCUT2D eigenvalue weighted by Crippen LogP contribution is -2.41. The van der Waals surface area contributed by atoms with Gasteiger partial charge in [-0.05, 0) is 25.0 Å². The van der Waals surface area contributed by atoms with Crippen LogP contribution >= 0.6 is 0 Å². The van der Waals surface area contributed by atoms with Crippen molar-refractivity contribution in [2.45, 2.75) is 26.7 Å².